The molecule has 0 radical (unpaired) electrons. The first kappa shape index (κ1) is 16.9. The Morgan fingerprint density at radius 2 is 1.73 bits per heavy atom. The van der Waals surface area contributed by atoms with Crippen LogP contribution < -0.4 is 10.9 Å². The van der Waals surface area contributed by atoms with E-state index in [9.17, 15) is 9.90 Å². The van der Waals surface area contributed by atoms with Gasteiger partial charge < -0.3 is 10.4 Å². The van der Waals surface area contributed by atoms with Crippen LogP contribution in [0.1, 0.15) is 16.8 Å². The summed E-state index contributed by atoms with van der Waals surface area (Å²) >= 11 is 0. The van der Waals surface area contributed by atoms with Gasteiger partial charge in [0.1, 0.15) is 0 Å². The Bertz CT molecular complexity index is 971. The van der Waals surface area contributed by atoms with Gasteiger partial charge in [0, 0.05) is 18.0 Å². The molecule has 134 valence electrons. The zero-order chi connectivity index (χ0) is 18.1. The van der Waals surface area contributed by atoms with E-state index in [2.05, 4.69) is 34.7 Å². The van der Waals surface area contributed by atoms with E-state index in [4.69, 9.17) is 0 Å². The van der Waals surface area contributed by atoms with Gasteiger partial charge in [0.15, 0.2) is 0 Å². The number of nitrogens with one attached hydrogen (secondary N) is 1. The van der Waals surface area contributed by atoms with Crippen LogP contribution >= 0.6 is 0 Å². The van der Waals surface area contributed by atoms with Crippen molar-refractivity contribution in [3.8, 4) is 0 Å². The molecule has 3 aromatic rings. The highest BCUT2D eigenvalue weighted by molar-refractivity contribution is 5.83. The molecule has 0 saturated heterocycles. The van der Waals surface area contributed by atoms with Crippen molar-refractivity contribution in [2.75, 3.05) is 6.54 Å². The molecule has 0 saturated carbocycles. The normalized spacial score (nSPS) is 15.3. The maximum atomic E-state index is 12.6. The van der Waals surface area contributed by atoms with Gasteiger partial charge in [-0.3, -0.25) is 4.79 Å². The van der Waals surface area contributed by atoms with Gasteiger partial charge in [-0.2, -0.15) is 5.10 Å². The summed E-state index contributed by atoms with van der Waals surface area (Å²) in [4.78, 5) is 12.6. The van der Waals surface area contributed by atoms with Gasteiger partial charge >= 0.3 is 0 Å². The molecule has 5 nitrogen and oxygen atoms in total. The van der Waals surface area contributed by atoms with E-state index < -0.39 is 6.10 Å². The average molecular weight is 349 g/mol. The van der Waals surface area contributed by atoms with Crippen molar-refractivity contribution in [2.45, 2.75) is 38.5 Å². The fourth-order valence-corrected chi connectivity index (χ4v) is 3.80. The second-order valence-corrected chi connectivity index (χ2v) is 7.05. The molecule has 1 aliphatic rings. The van der Waals surface area contributed by atoms with Crippen LogP contribution in [0.3, 0.4) is 0 Å². The van der Waals surface area contributed by atoms with Gasteiger partial charge in [0.25, 0.3) is 5.56 Å². The average Bonchev–Trinajstić information content (AvgIpc) is 3.07. The number of hydrogen-bond acceptors (Lipinski definition) is 4. The number of nitrogens with zero attached hydrogens (tertiary/aromatic N) is 2. The first-order valence-corrected chi connectivity index (χ1v) is 9.06. The minimum Gasteiger partial charge on any atom is -0.390 e. The molecule has 26 heavy (non-hydrogen) atoms. The van der Waals surface area contributed by atoms with Gasteiger partial charge in [-0.1, -0.05) is 42.5 Å². The molecule has 1 atom stereocenters. The molecule has 5 heteroatoms. The summed E-state index contributed by atoms with van der Waals surface area (Å²) in [6.07, 6.45) is 1.30. The molecule has 1 aliphatic carbocycles. The highest BCUT2D eigenvalue weighted by Gasteiger charge is 2.21. The summed E-state index contributed by atoms with van der Waals surface area (Å²) in [5.74, 6) is 0. The number of aliphatic hydroxyl groups excluding tert-OH is 1. The van der Waals surface area contributed by atoms with Gasteiger partial charge in [0.2, 0.25) is 0 Å². The van der Waals surface area contributed by atoms with Gasteiger partial charge in [0.05, 0.1) is 23.7 Å². The van der Waals surface area contributed by atoms with Crippen molar-refractivity contribution < 1.29 is 5.11 Å². The first-order valence-electron chi connectivity index (χ1n) is 9.06. The van der Waals surface area contributed by atoms with Crippen molar-refractivity contribution in [2.24, 2.45) is 0 Å². The molecule has 2 N–H and O–H groups in total. The third-order valence-corrected chi connectivity index (χ3v) is 5.13. The van der Waals surface area contributed by atoms with E-state index in [1.54, 1.807) is 0 Å². The molecule has 1 heterocycles. The van der Waals surface area contributed by atoms with Crippen LogP contribution in [0.25, 0.3) is 10.8 Å². The molecule has 0 amide bonds. The van der Waals surface area contributed by atoms with Crippen molar-refractivity contribution >= 4 is 10.8 Å². The summed E-state index contributed by atoms with van der Waals surface area (Å²) in [5.41, 5.74) is 3.40. The molecule has 2 aromatic carbocycles. The van der Waals surface area contributed by atoms with E-state index in [-0.39, 0.29) is 12.1 Å². The first-order chi connectivity index (χ1) is 12.6. The lowest BCUT2D eigenvalue weighted by molar-refractivity contribution is 0.141. The number of aliphatic hydroxyl groups is 1. The minimum atomic E-state index is -0.663. The topological polar surface area (TPSA) is 67.2 Å². The molecule has 0 fully saturated rings. The lowest BCUT2D eigenvalue weighted by Gasteiger charge is -2.17. The van der Waals surface area contributed by atoms with Crippen LogP contribution in [-0.2, 0) is 19.4 Å². The van der Waals surface area contributed by atoms with Crippen molar-refractivity contribution in [3.63, 3.8) is 0 Å². The van der Waals surface area contributed by atoms with Crippen LogP contribution in [0.15, 0.2) is 53.3 Å². The van der Waals surface area contributed by atoms with Crippen LogP contribution in [0, 0.1) is 6.92 Å². The van der Waals surface area contributed by atoms with E-state index in [0.717, 1.165) is 23.9 Å². The van der Waals surface area contributed by atoms with Crippen LogP contribution in [0.4, 0.5) is 0 Å². The summed E-state index contributed by atoms with van der Waals surface area (Å²) in [6, 6.07) is 16.3. The molecule has 4 rings (SSSR count). The highest BCUT2D eigenvalue weighted by atomic mass is 16.3. The molecule has 0 spiro atoms. The number of aryl methyl sites for hydroxylation is 1. The number of rotatable bonds is 5. The second kappa shape index (κ2) is 7.02. The third-order valence-electron chi connectivity index (χ3n) is 5.13. The Morgan fingerprint density at radius 3 is 2.42 bits per heavy atom. The predicted molar refractivity (Wildman–Crippen MR) is 102 cm³/mol. The number of hydrogen-bond donors (Lipinski definition) is 2. The Morgan fingerprint density at radius 1 is 1.12 bits per heavy atom. The molecular formula is C21H23N3O2. The van der Waals surface area contributed by atoms with Crippen LogP contribution in [0.2, 0.25) is 0 Å². The molecule has 0 aliphatic heterocycles. The Labute approximate surface area is 152 Å². The van der Waals surface area contributed by atoms with Crippen molar-refractivity contribution in [1.29, 1.82) is 0 Å². The largest absolute Gasteiger partial charge is 0.390 e. The van der Waals surface area contributed by atoms with Gasteiger partial charge in [-0.15, -0.1) is 0 Å². The SMILES string of the molecule is Cc1nn(CC(O)CNC2Cc3ccccc3C2)c(=O)c2ccccc12. The number of fused-ring (bicyclic) bond motifs is 2. The zero-order valence-corrected chi connectivity index (χ0v) is 14.9. The monoisotopic (exact) mass is 349 g/mol. The smallest absolute Gasteiger partial charge is 0.274 e. The second-order valence-electron chi connectivity index (χ2n) is 7.05. The van der Waals surface area contributed by atoms with Crippen molar-refractivity contribution in [1.82, 2.24) is 15.1 Å². The standard InChI is InChI=1S/C21H23N3O2/c1-14-19-8-4-5-9-20(19)21(26)24(23-14)13-18(25)12-22-17-10-15-6-2-3-7-16(15)11-17/h2-9,17-18,22,25H,10-13H2,1H3. The van der Waals surface area contributed by atoms with E-state index in [1.807, 2.05) is 31.2 Å². The molecule has 1 aromatic heterocycles. The summed E-state index contributed by atoms with van der Waals surface area (Å²) in [6.45, 7) is 2.52. The lowest BCUT2D eigenvalue weighted by atomic mass is 10.1. The quantitative estimate of drug-likeness (QED) is 0.737. The summed E-state index contributed by atoms with van der Waals surface area (Å²) in [7, 11) is 0. The summed E-state index contributed by atoms with van der Waals surface area (Å²) in [5, 5.41) is 19.7. The molecule has 0 bridgehead atoms. The molecular weight excluding hydrogens is 326 g/mol. The fraction of sp³-hybridized carbons (Fsp3) is 0.333. The van der Waals surface area contributed by atoms with Gasteiger partial charge in [-0.05, 0) is 37.0 Å². The minimum absolute atomic E-state index is 0.154. The fourth-order valence-electron chi connectivity index (χ4n) is 3.80. The lowest BCUT2D eigenvalue weighted by Crippen LogP contribution is -2.39. The van der Waals surface area contributed by atoms with Crippen LogP contribution in [-0.4, -0.2) is 33.6 Å². The third kappa shape index (κ3) is 3.28. The zero-order valence-electron chi connectivity index (χ0n) is 14.9. The van der Waals surface area contributed by atoms with Crippen molar-refractivity contribution in [3.05, 3.63) is 75.7 Å². The van der Waals surface area contributed by atoms with E-state index >= 15 is 0 Å². The highest BCUT2D eigenvalue weighted by Crippen LogP contribution is 2.21. The maximum Gasteiger partial charge on any atom is 0.274 e. The van der Waals surface area contributed by atoms with Crippen LogP contribution in [0.5, 0.6) is 0 Å². The predicted octanol–water partition coefficient (Wildman–Crippen LogP) is 1.82. The number of benzene rings is 2. The maximum absolute atomic E-state index is 12.6. The molecule has 1 unspecified atom stereocenters. The van der Waals surface area contributed by atoms with E-state index in [1.165, 1.54) is 15.8 Å². The summed E-state index contributed by atoms with van der Waals surface area (Å²) < 4.78 is 1.38. The Hall–Kier alpha value is -2.50. The Kier molecular flexibility index (Phi) is 4.57. The Balaban J connectivity index is 1.41. The number of aromatic nitrogens is 2. The van der Waals surface area contributed by atoms with Gasteiger partial charge in [-0.25, -0.2) is 4.68 Å². The van der Waals surface area contributed by atoms with E-state index in [0.29, 0.717) is 18.0 Å².